The first-order chi connectivity index (χ1) is 9.58. The molecular weight excluding hydrogens is 296 g/mol. The molecule has 5 nitrogen and oxygen atoms in total. The van der Waals surface area contributed by atoms with Gasteiger partial charge < -0.3 is 4.90 Å². The second-order valence-electron chi connectivity index (χ2n) is 4.19. The van der Waals surface area contributed by atoms with Gasteiger partial charge in [0, 0.05) is 0 Å². The Morgan fingerprint density at radius 1 is 1.20 bits per heavy atom. The highest BCUT2D eigenvalue weighted by Gasteiger charge is 2.26. The Balaban J connectivity index is 1.95. The topological polar surface area (TPSA) is 66.8 Å². The van der Waals surface area contributed by atoms with Gasteiger partial charge in [0.2, 0.25) is 0 Å². The molecule has 0 bridgehead atoms. The van der Waals surface area contributed by atoms with Crippen LogP contribution in [0.5, 0.6) is 0 Å². The number of anilines is 1. The minimum absolute atomic E-state index is 0.0660. The Morgan fingerprint density at radius 3 is 2.75 bits per heavy atom. The zero-order chi connectivity index (χ0) is 14.2. The van der Waals surface area contributed by atoms with Gasteiger partial charge in [0.1, 0.15) is 11.2 Å². The summed E-state index contributed by atoms with van der Waals surface area (Å²) in [6.07, 6.45) is 1.20. The van der Waals surface area contributed by atoms with Crippen molar-refractivity contribution in [3.63, 3.8) is 0 Å². The number of hydrogen-bond donors (Lipinski definition) is 0. The number of carbonyl (C=O) groups excluding carboxylic acids is 1. The number of rotatable bonds is 3. The molecule has 1 aromatic carbocycles. The molecule has 0 saturated carbocycles. The second kappa shape index (κ2) is 4.84. The Kier molecular flexibility index (Phi) is 3.15. The number of ketones is 1. The maximum absolute atomic E-state index is 12.1. The standard InChI is InChI=1S/C13H10N2O3S2/c16-11(12-5-3-7-19-12)8-15-9-14-20(17,18)13-6-2-1-4-10(13)15/h1-7,9H,8H2. The first kappa shape index (κ1) is 13.0. The summed E-state index contributed by atoms with van der Waals surface area (Å²) >= 11 is 1.36. The van der Waals surface area contributed by atoms with Crippen LogP contribution in [0.4, 0.5) is 5.69 Å². The van der Waals surface area contributed by atoms with Crippen molar-refractivity contribution in [1.82, 2.24) is 0 Å². The molecule has 7 heteroatoms. The molecule has 20 heavy (non-hydrogen) atoms. The summed E-state index contributed by atoms with van der Waals surface area (Å²) in [4.78, 5) is 14.4. The summed E-state index contributed by atoms with van der Waals surface area (Å²) in [5.74, 6) is -0.0689. The van der Waals surface area contributed by atoms with Crippen molar-refractivity contribution in [2.24, 2.45) is 4.40 Å². The number of nitrogens with zero attached hydrogens (tertiary/aromatic N) is 2. The molecule has 0 spiro atoms. The third kappa shape index (κ3) is 2.25. The fraction of sp³-hybridized carbons (Fsp3) is 0.0769. The van der Waals surface area contributed by atoms with E-state index >= 15 is 0 Å². The van der Waals surface area contributed by atoms with Crippen molar-refractivity contribution >= 4 is 39.2 Å². The third-order valence-electron chi connectivity index (χ3n) is 2.89. The van der Waals surface area contributed by atoms with Crippen LogP contribution < -0.4 is 4.90 Å². The number of para-hydroxylation sites is 1. The van der Waals surface area contributed by atoms with E-state index in [9.17, 15) is 13.2 Å². The summed E-state index contributed by atoms with van der Waals surface area (Å²) in [6.45, 7) is 0.0660. The zero-order valence-electron chi connectivity index (χ0n) is 10.3. The number of Topliss-reactive ketones (excluding diaryl/α,β-unsaturated/α-hetero) is 1. The van der Waals surface area contributed by atoms with Crippen LogP contribution in [0.2, 0.25) is 0 Å². The quantitative estimate of drug-likeness (QED) is 0.815. The zero-order valence-corrected chi connectivity index (χ0v) is 11.9. The average Bonchev–Trinajstić information content (AvgIpc) is 2.96. The van der Waals surface area contributed by atoms with Crippen molar-refractivity contribution in [2.45, 2.75) is 4.90 Å². The molecule has 0 radical (unpaired) electrons. The smallest absolute Gasteiger partial charge is 0.285 e. The van der Waals surface area contributed by atoms with Gasteiger partial charge in [-0.25, -0.2) is 0 Å². The molecule has 0 amide bonds. The van der Waals surface area contributed by atoms with E-state index in [0.29, 0.717) is 10.6 Å². The molecule has 102 valence electrons. The van der Waals surface area contributed by atoms with E-state index in [2.05, 4.69) is 4.40 Å². The largest absolute Gasteiger partial charge is 0.323 e. The highest BCUT2D eigenvalue weighted by atomic mass is 32.2. The highest BCUT2D eigenvalue weighted by Crippen LogP contribution is 2.29. The van der Waals surface area contributed by atoms with Crippen LogP contribution in [-0.4, -0.2) is 27.1 Å². The van der Waals surface area contributed by atoms with E-state index in [-0.39, 0.29) is 17.2 Å². The molecule has 0 aliphatic carbocycles. The Hall–Kier alpha value is -1.99. The van der Waals surface area contributed by atoms with Gasteiger partial charge in [-0.3, -0.25) is 4.79 Å². The second-order valence-corrected chi connectivity index (χ2v) is 6.74. The summed E-state index contributed by atoms with van der Waals surface area (Å²) in [7, 11) is -3.65. The summed E-state index contributed by atoms with van der Waals surface area (Å²) in [6, 6.07) is 10.1. The van der Waals surface area contributed by atoms with Crippen LogP contribution in [0.3, 0.4) is 0 Å². The normalized spacial score (nSPS) is 15.9. The number of hydrogen-bond acceptors (Lipinski definition) is 5. The monoisotopic (exact) mass is 306 g/mol. The predicted molar refractivity (Wildman–Crippen MR) is 78.1 cm³/mol. The van der Waals surface area contributed by atoms with E-state index in [4.69, 9.17) is 0 Å². The van der Waals surface area contributed by atoms with Crippen molar-refractivity contribution in [3.05, 3.63) is 46.7 Å². The van der Waals surface area contributed by atoms with Crippen LogP contribution >= 0.6 is 11.3 Å². The van der Waals surface area contributed by atoms with Gasteiger partial charge in [-0.2, -0.15) is 8.42 Å². The van der Waals surface area contributed by atoms with Crippen LogP contribution in [0, 0.1) is 0 Å². The van der Waals surface area contributed by atoms with Crippen molar-refractivity contribution in [3.8, 4) is 0 Å². The maximum atomic E-state index is 12.1. The number of fused-ring (bicyclic) bond motifs is 1. The van der Waals surface area contributed by atoms with E-state index < -0.39 is 10.0 Å². The van der Waals surface area contributed by atoms with Crippen molar-refractivity contribution in [2.75, 3.05) is 11.4 Å². The van der Waals surface area contributed by atoms with E-state index in [0.717, 1.165) is 0 Å². The van der Waals surface area contributed by atoms with Gasteiger partial charge in [0.25, 0.3) is 10.0 Å². The van der Waals surface area contributed by atoms with Gasteiger partial charge in [0.15, 0.2) is 5.78 Å². The number of benzene rings is 1. The SMILES string of the molecule is O=C(CN1C=NS(=O)(=O)c2ccccc21)c1cccs1. The molecule has 2 aromatic rings. The number of thiophene rings is 1. The van der Waals surface area contributed by atoms with Gasteiger partial charge in [0.05, 0.1) is 17.1 Å². The lowest BCUT2D eigenvalue weighted by atomic mass is 10.2. The predicted octanol–water partition coefficient (Wildman–Crippen LogP) is 2.17. The van der Waals surface area contributed by atoms with Crippen molar-refractivity contribution < 1.29 is 13.2 Å². The Bertz CT molecular complexity index is 780. The van der Waals surface area contributed by atoms with Crippen molar-refractivity contribution in [1.29, 1.82) is 0 Å². The molecule has 1 aliphatic rings. The van der Waals surface area contributed by atoms with E-state index in [1.807, 2.05) is 5.38 Å². The minimum atomic E-state index is -3.65. The van der Waals surface area contributed by atoms with Gasteiger partial charge >= 0.3 is 0 Å². The molecule has 0 N–H and O–H groups in total. The summed E-state index contributed by atoms with van der Waals surface area (Å²) < 4.78 is 27.2. The van der Waals surface area contributed by atoms with Gasteiger partial charge in [-0.05, 0) is 23.6 Å². The van der Waals surface area contributed by atoms with Crippen LogP contribution in [-0.2, 0) is 10.0 Å². The van der Waals surface area contributed by atoms with Gasteiger partial charge in [-0.1, -0.05) is 18.2 Å². The van der Waals surface area contributed by atoms with Gasteiger partial charge in [-0.15, -0.1) is 15.7 Å². The fourth-order valence-corrected chi connectivity index (χ4v) is 3.65. The summed E-state index contributed by atoms with van der Waals surface area (Å²) in [5, 5.41) is 1.83. The molecule has 1 aliphatic heterocycles. The molecule has 1 aromatic heterocycles. The lowest BCUT2D eigenvalue weighted by molar-refractivity contribution is 0.101. The molecule has 2 heterocycles. The highest BCUT2D eigenvalue weighted by molar-refractivity contribution is 7.90. The number of sulfonamides is 1. The molecule has 0 atom stereocenters. The molecule has 3 rings (SSSR count). The number of carbonyl (C=O) groups is 1. The maximum Gasteiger partial charge on any atom is 0.285 e. The molecule has 0 saturated heterocycles. The average molecular weight is 306 g/mol. The van der Waals surface area contributed by atoms with Crippen LogP contribution in [0.25, 0.3) is 0 Å². The minimum Gasteiger partial charge on any atom is -0.323 e. The van der Waals surface area contributed by atoms with E-state index in [1.165, 1.54) is 23.7 Å². The molecular formula is C13H10N2O3S2. The third-order valence-corrected chi connectivity index (χ3v) is 5.07. The van der Waals surface area contributed by atoms with Crippen LogP contribution in [0.1, 0.15) is 9.67 Å². The fourth-order valence-electron chi connectivity index (χ4n) is 1.95. The molecule has 0 unspecified atom stereocenters. The lowest BCUT2D eigenvalue weighted by Gasteiger charge is -2.24. The van der Waals surface area contributed by atoms with Crippen LogP contribution in [0.15, 0.2) is 51.1 Å². The first-order valence-corrected chi connectivity index (χ1v) is 8.13. The Labute approximate surface area is 120 Å². The first-order valence-electron chi connectivity index (χ1n) is 5.81. The lowest BCUT2D eigenvalue weighted by Crippen LogP contribution is -2.32. The molecule has 0 fully saturated rings. The Morgan fingerprint density at radius 2 is 2.00 bits per heavy atom. The summed E-state index contributed by atoms with van der Waals surface area (Å²) in [5.41, 5.74) is 0.479. The van der Waals surface area contributed by atoms with E-state index in [1.54, 1.807) is 35.2 Å².